The minimum Gasteiger partial charge on any atom is -0.422 e. The van der Waals surface area contributed by atoms with Crippen LogP contribution in [0.3, 0.4) is 0 Å². The Balaban J connectivity index is 1.22. The molecule has 2 aromatic heterocycles. The number of nitrogens with zero attached hydrogens (tertiary/aromatic N) is 2. The van der Waals surface area contributed by atoms with Crippen molar-refractivity contribution in [2.45, 2.75) is 81.4 Å². The highest BCUT2D eigenvalue weighted by atomic mass is 32.2. The lowest BCUT2D eigenvalue weighted by Gasteiger charge is -2.38. The van der Waals surface area contributed by atoms with Crippen molar-refractivity contribution in [3.63, 3.8) is 0 Å². The first-order chi connectivity index (χ1) is 32.5. The lowest BCUT2D eigenvalue weighted by Crippen LogP contribution is -2.74. The largest absolute Gasteiger partial charge is 0.422 e. The van der Waals surface area contributed by atoms with Crippen LogP contribution in [0, 0.1) is 0 Å². The molecule has 1 aliphatic rings. The highest BCUT2D eigenvalue weighted by Gasteiger charge is 2.43. The van der Waals surface area contributed by atoms with E-state index in [-0.39, 0.29) is 10.8 Å². The third-order valence-corrected chi connectivity index (χ3v) is 19.6. The first-order valence-electron chi connectivity index (χ1n) is 24.1. The summed E-state index contributed by atoms with van der Waals surface area (Å²) in [6.45, 7) is 13.3. The standard InChI is InChI=1S/C60H54N2OSSi/c1-58(2,3)47-35-33-41(37-45(47)43-25-20-31-53-55(43)63-57-61-51-29-16-17-30-52(51)62(53)57)65(39-21-11-9-12-22-39,40-23-13-10-14-24-40)42-34-36-48(59(4,5)6)46(38-42)44-26-19-28-50-56(44)64-54-32-18-15-27-49(54)60(50,7)8/h9-38H,1-8H3/i7D3. The van der Waals surface area contributed by atoms with Crippen LogP contribution in [0.4, 0.5) is 0 Å². The van der Waals surface area contributed by atoms with E-state index >= 15 is 0 Å². The van der Waals surface area contributed by atoms with Crippen molar-refractivity contribution in [1.29, 1.82) is 0 Å². The fourth-order valence-electron chi connectivity index (χ4n) is 10.6. The van der Waals surface area contributed by atoms with Gasteiger partial charge in [0.05, 0.1) is 16.6 Å². The molecule has 1 atom stereocenters. The van der Waals surface area contributed by atoms with E-state index in [1.807, 2.05) is 43.3 Å². The molecule has 0 fully saturated rings. The number of benzene rings is 8. The Bertz CT molecular complexity index is 3540. The van der Waals surface area contributed by atoms with Gasteiger partial charge in [0.2, 0.25) is 0 Å². The smallest absolute Gasteiger partial charge is 0.307 e. The molecule has 0 N–H and O–H groups in total. The molecule has 8 aromatic carbocycles. The molecule has 0 amide bonds. The van der Waals surface area contributed by atoms with Gasteiger partial charge in [-0.1, -0.05) is 225 Å². The lowest BCUT2D eigenvalue weighted by atomic mass is 9.76. The van der Waals surface area contributed by atoms with Gasteiger partial charge in [0.1, 0.15) is 0 Å². The molecular formula is C60H54N2OSSi. The molecule has 0 saturated carbocycles. The summed E-state index contributed by atoms with van der Waals surface area (Å²) >= 11 is 1.70. The quantitative estimate of drug-likeness (QED) is 0.123. The highest BCUT2D eigenvalue weighted by molar-refractivity contribution is 7.99. The first kappa shape index (κ1) is 37.9. The number of oxazole rings is 1. The third kappa shape index (κ3) is 6.49. The summed E-state index contributed by atoms with van der Waals surface area (Å²) in [6.07, 6.45) is 0. The molecule has 0 radical (unpaired) electrons. The summed E-state index contributed by atoms with van der Waals surface area (Å²) in [5.74, 6) is 0.579. The van der Waals surface area contributed by atoms with Crippen LogP contribution in [-0.4, -0.2) is 17.5 Å². The van der Waals surface area contributed by atoms with Crippen LogP contribution < -0.4 is 20.7 Å². The Labute approximate surface area is 392 Å². The van der Waals surface area contributed by atoms with E-state index in [1.54, 1.807) is 11.8 Å². The van der Waals surface area contributed by atoms with E-state index in [9.17, 15) is 0 Å². The zero-order valence-electron chi connectivity index (χ0n) is 41.0. The molecule has 3 heterocycles. The number of hydrogen-bond donors (Lipinski definition) is 0. The molecule has 0 bridgehead atoms. The Hall–Kier alpha value is -6.40. The maximum Gasteiger partial charge on any atom is 0.307 e. The van der Waals surface area contributed by atoms with E-state index in [0.29, 0.717) is 5.84 Å². The number of rotatable bonds is 6. The molecular weight excluding hydrogens is 825 g/mol. The highest BCUT2D eigenvalue weighted by Crippen LogP contribution is 2.53. The summed E-state index contributed by atoms with van der Waals surface area (Å²) in [6, 6.07) is 65.7. The van der Waals surface area contributed by atoms with Crippen molar-refractivity contribution < 1.29 is 8.53 Å². The fourth-order valence-corrected chi connectivity index (χ4v) is 16.8. The Morgan fingerprint density at radius 3 is 1.72 bits per heavy atom. The normalized spacial score (nSPS) is 16.3. The molecule has 3 nitrogen and oxygen atoms in total. The van der Waals surface area contributed by atoms with Crippen molar-refractivity contribution in [1.82, 2.24) is 9.38 Å². The fraction of sp³-hybridized carbons (Fsp3) is 0.183. The van der Waals surface area contributed by atoms with Crippen molar-refractivity contribution >= 4 is 68.6 Å². The Kier molecular flexibility index (Phi) is 8.80. The topological polar surface area (TPSA) is 30.4 Å². The van der Waals surface area contributed by atoms with Gasteiger partial charge < -0.3 is 4.42 Å². The van der Waals surface area contributed by atoms with Crippen molar-refractivity contribution in [3.05, 3.63) is 204 Å². The van der Waals surface area contributed by atoms with Crippen molar-refractivity contribution in [2.24, 2.45) is 0 Å². The zero-order valence-corrected chi connectivity index (χ0v) is 39.8. The average Bonchev–Trinajstić information content (AvgIpc) is 3.88. The van der Waals surface area contributed by atoms with Crippen LogP contribution in [0.25, 0.3) is 50.2 Å². The first-order valence-corrected chi connectivity index (χ1v) is 25.4. The van der Waals surface area contributed by atoms with E-state index in [0.717, 1.165) is 65.3 Å². The maximum atomic E-state index is 9.05. The van der Waals surface area contributed by atoms with E-state index in [1.165, 1.54) is 31.9 Å². The summed E-state index contributed by atoms with van der Waals surface area (Å²) in [7, 11) is -3.21. The van der Waals surface area contributed by atoms with Crippen LogP contribution in [-0.2, 0) is 16.2 Å². The molecule has 5 heteroatoms. The third-order valence-electron chi connectivity index (χ3n) is 13.7. The Morgan fingerprint density at radius 2 is 1.08 bits per heavy atom. The predicted octanol–water partition coefficient (Wildman–Crippen LogP) is 13.3. The maximum absolute atomic E-state index is 9.05. The SMILES string of the molecule is [2H]C([2H])([2H])C1(C)c2ccccc2Sc2c(-c3cc([Si](c4ccccc4)(c4ccccc4)c4ccc(C(C)(C)C)c(-c5cccc6c5oc5nc7ccccc7n56)c4)ccc3C(C)(C)C)cccc21. The van der Waals surface area contributed by atoms with Crippen LogP contribution >= 0.6 is 11.8 Å². The average molecular weight is 882 g/mol. The van der Waals surface area contributed by atoms with E-state index < -0.39 is 20.3 Å². The molecule has 1 aliphatic heterocycles. The van der Waals surface area contributed by atoms with Crippen LogP contribution in [0.1, 0.15) is 81.7 Å². The summed E-state index contributed by atoms with van der Waals surface area (Å²) in [4.78, 5) is 6.91. The molecule has 0 spiro atoms. The van der Waals surface area contributed by atoms with Gasteiger partial charge in [-0.2, -0.15) is 4.98 Å². The molecule has 0 aliphatic carbocycles. The molecule has 10 aromatic rings. The molecule has 0 saturated heterocycles. The van der Waals surface area contributed by atoms with Gasteiger partial charge in [0.15, 0.2) is 13.7 Å². The second-order valence-electron chi connectivity index (χ2n) is 19.9. The van der Waals surface area contributed by atoms with Crippen LogP contribution in [0.2, 0.25) is 0 Å². The van der Waals surface area contributed by atoms with Gasteiger partial charge >= 0.3 is 5.84 Å². The van der Waals surface area contributed by atoms with Gasteiger partial charge in [0, 0.05) is 24.9 Å². The minimum absolute atomic E-state index is 0.202. The monoisotopic (exact) mass is 881 g/mol. The lowest BCUT2D eigenvalue weighted by molar-refractivity contribution is 0.591. The number of imidazole rings is 1. The summed E-state index contributed by atoms with van der Waals surface area (Å²) in [5, 5.41) is 5.03. The predicted molar refractivity (Wildman–Crippen MR) is 277 cm³/mol. The van der Waals surface area contributed by atoms with Gasteiger partial charge in [-0.25, -0.2) is 0 Å². The van der Waals surface area contributed by atoms with Gasteiger partial charge in [-0.05, 0) is 94.8 Å². The second kappa shape index (κ2) is 15.1. The summed E-state index contributed by atoms with van der Waals surface area (Å²) in [5.41, 5.74) is 10.5. The van der Waals surface area contributed by atoms with E-state index in [4.69, 9.17) is 13.5 Å². The number of fused-ring (bicyclic) bond motifs is 7. The van der Waals surface area contributed by atoms with Gasteiger partial charge in [0.25, 0.3) is 0 Å². The van der Waals surface area contributed by atoms with Crippen LogP contribution in [0.15, 0.2) is 196 Å². The van der Waals surface area contributed by atoms with E-state index in [2.05, 4.69) is 192 Å². The second-order valence-corrected chi connectivity index (χ2v) is 24.7. The molecule has 65 heavy (non-hydrogen) atoms. The number of aromatic nitrogens is 2. The number of hydrogen-bond acceptors (Lipinski definition) is 3. The van der Waals surface area contributed by atoms with Gasteiger partial charge in [-0.15, -0.1) is 0 Å². The van der Waals surface area contributed by atoms with Gasteiger partial charge in [-0.3, -0.25) is 4.40 Å². The molecule has 1 unspecified atom stereocenters. The van der Waals surface area contributed by atoms with Crippen molar-refractivity contribution in [3.8, 4) is 22.3 Å². The van der Waals surface area contributed by atoms with Crippen LogP contribution in [0.5, 0.6) is 0 Å². The molecule has 320 valence electrons. The Morgan fingerprint density at radius 1 is 0.538 bits per heavy atom. The summed E-state index contributed by atoms with van der Waals surface area (Å²) < 4.78 is 36.1. The minimum atomic E-state index is -3.21. The van der Waals surface area contributed by atoms with Crippen molar-refractivity contribution in [2.75, 3.05) is 0 Å². The molecule has 11 rings (SSSR count). The number of para-hydroxylation sites is 3. The zero-order chi connectivity index (χ0) is 47.4.